The summed E-state index contributed by atoms with van der Waals surface area (Å²) in [7, 11) is -3.92. The summed E-state index contributed by atoms with van der Waals surface area (Å²) >= 11 is 0. The van der Waals surface area contributed by atoms with Crippen LogP contribution in [0, 0.1) is 6.92 Å². The van der Waals surface area contributed by atoms with Gasteiger partial charge in [0, 0.05) is 5.56 Å². The third kappa shape index (κ3) is 3.23. The van der Waals surface area contributed by atoms with Crippen LogP contribution in [0.1, 0.15) is 18.1 Å². The molecule has 3 rings (SSSR count). The Labute approximate surface area is 142 Å². The van der Waals surface area contributed by atoms with E-state index in [1.165, 1.54) is 12.1 Å². The standard InChI is InChI=1S/C18H20O5S/c1-14-8-10-17(11-9-14)24(19,20)23-15(2)18(21-12-13-22-18)16-6-4-3-5-7-16/h3-11,15H,12-13H2,1-2H3. The van der Waals surface area contributed by atoms with Crippen LogP contribution in [-0.4, -0.2) is 27.7 Å². The van der Waals surface area contributed by atoms with Gasteiger partial charge in [0.25, 0.3) is 10.1 Å². The van der Waals surface area contributed by atoms with E-state index in [9.17, 15) is 8.42 Å². The molecule has 0 aliphatic carbocycles. The summed E-state index contributed by atoms with van der Waals surface area (Å²) in [6, 6.07) is 15.8. The van der Waals surface area contributed by atoms with E-state index in [-0.39, 0.29) is 4.90 Å². The van der Waals surface area contributed by atoms with Gasteiger partial charge in [0.15, 0.2) is 0 Å². The minimum absolute atomic E-state index is 0.112. The maximum absolute atomic E-state index is 12.6. The van der Waals surface area contributed by atoms with Gasteiger partial charge in [-0.1, -0.05) is 48.0 Å². The molecule has 1 aliphatic rings. The topological polar surface area (TPSA) is 61.8 Å². The minimum Gasteiger partial charge on any atom is -0.341 e. The average Bonchev–Trinajstić information content (AvgIpc) is 3.07. The zero-order chi connectivity index (χ0) is 17.2. The first-order chi connectivity index (χ1) is 11.4. The van der Waals surface area contributed by atoms with Crippen molar-refractivity contribution in [2.45, 2.75) is 30.6 Å². The van der Waals surface area contributed by atoms with Crippen LogP contribution in [-0.2, 0) is 29.6 Å². The van der Waals surface area contributed by atoms with Gasteiger partial charge < -0.3 is 9.47 Å². The zero-order valence-electron chi connectivity index (χ0n) is 13.6. The van der Waals surface area contributed by atoms with Crippen LogP contribution < -0.4 is 0 Å². The predicted octanol–water partition coefficient (Wildman–Crippen LogP) is 2.99. The molecule has 1 aliphatic heterocycles. The highest BCUT2D eigenvalue weighted by atomic mass is 32.2. The summed E-state index contributed by atoms with van der Waals surface area (Å²) in [6.45, 7) is 4.30. The zero-order valence-corrected chi connectivity index (χ0v) is 14.5. The second kappa shape index (κ2) is 6.64. The Balaban J connectivity index is 1.89. The SMILES string of the molecule is Cc1ccc(S(=O)(=O)OC(C)C2(c3ccccc3)OCCO2)cc1. The molecule has 0 N–H and O–H groups in total. The molecule has 2 aromatic carbocycles. The number of rotatable bonds is 5. The fraction of sp³-hybridized carbons (Fsp3) is 0.333. The maximum Gasteiger partial charge on any atom is 0.297 e. The molecule has 24 heavy (non-hydrogen) atoms. The molecule has 5 nitrogen and oxygen atoms in total. The number of ether oxygens (including phenoxy) is 2. The van der Waals surface area contributed by atoms with Gasteiger partial charge in [-0.3, -0.25) is 4.18 Å². The van der Waals surface area contributed by atoms with E-state index >= 15 is 0 Å². The lowest BCUT2D eigenvalue weighted by atomic mass is 10.0. The van der Waals surface area contributed by atoms with Gasteiger partial charge in [0.2, 0.25) is 5.79 Å². The molecule has 1 heterocycles. The molecule has 0 bridgehead atoms. The normalized spacial score (nSPS) is 18.4. The molecule has 6 heteroatoms. The number of hydrogen-bond acceptors (Lipinski definition) is 5. The molecule has 128 valence electrons. The first-order valence-electron chi connectivity index (χ1n) is 7.77. The van der Waals surface area contributed by atoms with E-state index in [4.69, 9.17) is 13.7 Å². The summed E-state index contributed by atoms with van der Waals surface area (Å²) in [6.07, 6.45) is -0.839. The van der Waals surface area contributed by atoms with Crippen molar-refractivity contribution in [1.82, 2.24) is 0 Å². The van der Waals surface area contributed by atoms with Crippen LogP contribution in [0.25, 0.3) is 0 Å². The van der Waals surface area contributed by atoms with E-state index in [0.717, 1.165) is 11.1 Å². The highest BCUT2D eigenvalue weighted by molar-refractivity contribution is 7.86. The Morgan fingerprint density at radius 2 is 1.58 bits per heavy atom. The Morgan fingerprint density at radius 1 is 1.00 bits per heavy atom. The first-order valence-corrected chi connectivity index (χ1v) is 9.18. The van der Waals surface area contributed by atoms with Crippen LogP contribution in [0.2, 0.25) is 0 Å². The molecule has 0 spiro atoms. The van der Waals surface area contributed by atoms with Gasteiger partial charge in [0.1, 0.15) is 6.10 Å². The Hall–Kier alpha value is -1.73. The monoisotopic (exact) mass is 348 g/mol. The quantitative estimate of drug-likeness (QED) is 0.778. The maximum atomic E-state index is 12.6. The van der Waals surface area contributed by atoms with Crippen LogP contribution >= 0.6 is 0 Å². The highest BCUT2D eigenvalue weighted by Crippen LogP contribution is 2.37. The lowest BCUT2D eigenvalue weighted by Gasteiger charge is -2.33. The lowest BCUT2D eigenvalue weighted by Crippen LogP contribution is -2.41. The fourth-order valence-electron chi connectivity index (χ4n) is 2.75. The van der Waals surface area contributed by atoms with Gasteiger partial charge in [0.05, 0.1) is 18.1 Å². The molecule has 1 fully saturated rings. The number of hydrogen-bond donors (Lipinski definition) is 0. The second-order valence-electron chi connectivity index (χ2n) is 5.74. The van der Waals surface area contributed by atoms with Gasteiger partial charge >= 0.3 is 0 Å². The van der Waals surface area contributed by atoms with E-state index < -0.39 is 22.0 Å². The molecule has 1 atom stereocenters. The highest BCUT2D eigenvalue weighted by Gasteiger charge is 2.46. The average molecular weight is 348 g/mol. The van der Waals surface area contributed by atoms with E-state index in [1.807, 2.05) is 37.3 Å². The van der Waals surface area contributed by atoms with Crippen molar-refractivity contribution in [2.24, 2.45) is 0 Å². The van der Waals surface area contributed by atoms with Gasteiger partial charge in [-0.25, -0.2) is 0 Å². The van der Waals surface area contributed by atoms with Crippen molar-refractivity contribution in [1.29, 1.82) is 0 Å². The van der Waals surface area contributed by atoms with Crippen LogP contribution in [0.15, 0.2) is 59.5 Å². The first kappa shape index (κ1) is 17.1. The van der Waals surface area contributed by atoms with Gasteiger partial charge in [-0.2, -0.15) is 8.42 Å². The molecular formula is C18H20O5S. The van der Waals surface area contributed by atoms with E-state index in [2.05, 4.69) is 0 Å². The summed E-state index contributed by atoms with van der Waals surface area (Å²) < 4.78 is 42.1. The molecule has 1 saturated heterocycles. The smallest absolute Gasteiger partial charge is 0.297 e. The van der Waals surface area contributed by atoms with Crippen molar-refractivity contribution < 1.29 is 22.1 Å². The second-order valence-corrected chi connectivity index (χ2v) is 7.31. The van der Waals surface area contributed by atoms with E-state index in [1.54, 1.807) is 19.1 Å². The molecule has 2 aromatic rings. The molecular weight excluding hydrogens is 328 g/mol. The van der Waals surface area contributed by atoms with Crippen molar-refractivity contribution in [2.75, 3.05) is 13.2 Å². The van der Waals surface area contributed by atoms with Crippen molar-refractivity contribution in [3.05, 3.63) is 65.7 Å². The van der Waals surface area contributed by atoms with Crippen molar-refractivity contribution >= 4 is 10.1 Å². The van der Waals surface area contributed by atoms with Crippen LogP contribution in [0.5, 0.6) is 0 Å². The Bertz CT molecular complexity index is 778. The molecule has 0 saturated carbocycles. The molecule has 0 aromatic heterocycles. The number of benzene rings is 2. The largest absolute Gasteiger partial charge is 0.341 e. The summed E-state index contributed by atoms with van der Waals surface area (Å²) in [5, 5.41) is 0. The number of aryl methyl sites for hydroxylation is 1. The molecule has 1 unspecified atom stereocenters. The third-order valence-electron chi connectivity index (χ3n) is 4.01. The van der Waals surface area contributed by atoms with Crippen molar-refractivity contribution in [3.63, 3.8) is 0 Å². The molecule has 0 amide bonds. The summed E-state index contributed by atoms with van der Waals surface area (Å²) in [5.74, 6) is -1.22. The summed E-state index contributed by atoms with van der Waals surface area (Å²) in [5.41, 5.74) is 1.71. The van der Waals surface area contributed by atoms with Crippen LogP contribution in [0.3, 0.4) is 0 Å². The Kier molecular flexibility index (Phi) is 4.73. The van der Waals surface area contributed by atoms with Crippen molar-refractivity contribution in [3.8, 4) is 0 Å². The Morgan fingerprint density at radius 3 is 2.17 bits per heavy atom. The van der Waals surface area contributed by atoms with Gasteiger partial charge in [-0.15, -0.1) is 0 Å². The van der Waals surface area contributed by atoms with Gasteiger partial charge in [-0.05, 0) is 26.0 Å². The minimum atomic E-state index is -3.92. The summed E-state index contributed by atoms with van der Waals surface area (Å²) in [4.78, 5) is 0.112. The third-order valence-corrected chi connectivity index (χ3v) is 5.40. The fourth-order valence-corrected chi connectivity index (χ4v) is 3.84. The molecule has 0 radical (unpaired) electrons. The van der Waals surface area contributed by atoms with E-state index in [0.29, 0.717) is 13.2 Å². The lowest BCUT2D eigenvalue weighted by molar-refractivity contribution is -0.216. The predicted molar refractivity (Wildman–Crippen MR) is 88.9 cm³/mol. The van der Waals surface area contributed by atoms with Crippen LogP contribution in [0.4, 0.5) is 0 Å².